The molecule has 1 unspecified atom stereocenters. The number of ether oxygens (including phenoxy) is 2. The van der Waals surface area contributed by atoms with Crippen LogP contribution in [-0.2, 0) is 16.4 Å². The summed E-state index contributed by atoms with van der Waals surface area (Å²) < 4.78 is 58.6. The molecule has 1 aliphatic heterocycles. The maximum Gasteiger partial charge on any atom is 0.187 e. The van der Waals surface area contributed by atoms with Gasteiger partial charge in [-0.3, -0.25) is 14.1 Å². The highest BCUT2D eigenvalue weighted by atomic mass is 32.3. The third-order valence-corrected chi connectivity index (χ3v) is 9.11. The van der Waals surface area contributed by atoms with E-state index in [4.69, 9.17) is 9.47 Å². The molecule has 2 aromatic carbocycles. The van der Waals surface area contributed by atoms with Crippen LogP contribution in [0.4, 0.5) is 0 Å². The number of hydrogen-bond donors (Lipinski definition) is 2. The first-order chi connectivity index (χ1) is 14.3. The first kappa shape index (κ1) is 20.7. The molecule has 0 aliphatic carbocycles. The fourth-order valence-corrected chi connectivity index (χ4v) is 7.89. The van der Waals surface area contributed by atoms with Crippen molar-refractivity contribution in [1.82, 2.24) is 4.98 Å². The standard InChI is InChI=1S/C21H21NO6S2/c1-27-18-5-2-6-19-21(18)20(14-29(19,23)24)30(25,26)17-9-7-16(8-10-17)28-13-15-4-3-11-22-12-15/h2-12,20,23-24H,13-14H2,1H3. The summed E-state index contributed by atoms with van der Waals surface area (Å²) in [6.07, 6.45) is 3.37. The molecule has 1 aliphatic rings. The van der Waals surface area contributed by atoms with Crippen LogP contribution < -0.4 is 9.47 Å². The number of benzene rings is 2. The fourth-order valence-electron chi connectivity index (χ4n) is 3.47. The van der Waals surface area contributed by atoms with Gasteiger partial charge < -0.3 is 9.47 Å². The molecule has 158 valence electrons. The lowest BCUT2D eigenvalue weighted by Crippen LogP contribution is -2.15. The van der Waals surface area contributed by atoms with E-state index in [2.05, 4.69) is 4.98 Å². The number of methoxy groups -OCH3 is 1. The van der Waals surface area contributed by atoms with Gasteiger partial charge in [0.2, 0.25) is 0 Å². The van der Waals surface area contributed by atoms with E-state index in [0.717, 1.165) is 5.56 Å². The molecule has 0 radical (unpaired) electrons. The van der Waals surface area contributed by atoms with Crippen LogP contribution in [0, 0.1) is 0 Å². The molecule has 2 N–H and O–H groups in total. The quantitative estimate of drug-likeness (QED) is 0.580. The Bertz CT molecular complexity index is 1150. The van der Waals surface area contributed by atoms with E-state index in [0.29, 0.717) is 23.7 Å². The van der Waals surface area contributed by atoms with Crippen molar-refractivity contribution in [3.05, 3.63) is 78.1 Å². The van der Waals surface area contributed by atoms with Gasteiger partial charge in [-0.2, -0.15) is 10.6 Å². The summed E-state index contributed by atoms with van der Waals surface area (Å²) in [6, 6.07) is 14.6. The lowest BCUT2D eigenvalue weighted by Gasteiger charge is -2.27. The van der Waals surface area contributed by atoms with E-state index in [1.807, 2.05) is 12.1 Å². The zero-order valence-electron chi connectivity index (χ0n) is 16.1. The van der Waals surface area contributed by atoms with Crippen LogP contribution in [0.5, 0.6) is 11.5 Å². The van der Waals surface area contributed by atoms with Gasteiger partial charge in [0.15, 0.2) is 9.84 Å². The van der Waals surface area contributed by atoms with Crippen molar-refractivity contribution >= 4 is 20.4 Å². The van der Waals surface area contributed by atoms with Crippen LogP contribution in [0.25, 0.3) is 0 Å². The number of sulfone groups is 1. The van der Waals surface area contributed by atoms with Crippen molar-refractivity contribution in [3.8, 4) is 11.5 Å². The molecule has 1 atom stereocenters. The lowest BCUT2D eigenvalue weighted by atomic mass is 10.1. The van der Waals surface area contributed by atoms with Crippen molar-refractivity contribution in [2.75, 3.05) is 12.9 Å². The zero-order chi connectivity index (χ0) is 21.4. The Kier molecular flexibility index (Phi) is 5.46. The normalized spacial score (nSPS) is 18.4. The van der Waals surface area contributed by atoms with Crippen LogP contribution in [0.2, 0.25) is 0 Å². The first-order valence-corrected chi connectivity index (χ1v) is 12.4. The molecule has 0 saturated heterocycles. The summed E-state index contributed by atoms with van der Waals surface area (Å²) in [5.74, 6) is 0.561. The van der Waals surface area contributed by atoms with Crippen LogP contribution >= 0.6 is 10.6 Å². The minimum Gasteiger partial charge on any atom is -0.496 e. The van der Waals surface area contributed by atoms with E-state index >= 15 is 0 Å². The maximum atomic E-state index is 13.3. The minimum atomic E-state index is -3.88. The molecule has 0 bridgehead atoms. The third-order valence-electron chi connectivity index (χ3n) is 4.96. The summed E-state index contributed by atoms with van der Waals surface area (Å²) >= 11 is 0. The Morgan fingerprint density at radius 1 is 1.10 bits per heavy atom. The number of rotatable bonds is 6. The molecule has 0 spiro atoms. The van der Waals surface area contributed by atoms with Crippen LogP contribution in [0.15, 0.2) is 76.8 Å². The number of aromatic nitrogens is 1. The van der Waals surface area contributed by atoms with Gasteiger partial charge in [-0.25, -0.2) is 8.42 Å². The van der Waals surface area contributed by atoms with Gasteiger partial charge in [-0.05, 0) is 42.5 Å². The van der Waals surface area contributed by atoms with Crippen molar-refractivity contribution in [2.45, 2.75) is 21.6 Å². The lowest BCUT2D eigenvalue weighted by molar-refractivity contribution is 0.305. The maximum absolute atomic E-state index is 13.3. The van der Waals surface area contributed by atoms with Gasteiger partial charge in [0.25, 0.3) is 0 Å². The summed E-state index contributed by atoms with van der Waals surface area (Å²) in [6.45, 7) is 0.314. The van der Waals surface area contributed by atoms with E-state index in [1.54, 1.807) is 36.7 Å². The van der Waals surface area contributed by atoms with Crippen molar-refractivity contribution < 1.29 is 27.0 Å². The fraction of sp³-hybridized carbons (Fsp3) is 0.190. The molecule has 9 heteroatoms. The molecule has 4 rings (SSSR count). The van der Waals surface area contributed by atoms with Gasteiger partial charge in [0.05, 0.1) is 22.7 Å². The summed E-state index contributed by atoms with van der Waals surface area (Å²) in [7, 11) is -5.67. The topological polar surface area (TPSA) is 106 Å². The van der Waals surface area contributed by atoms with Gasteiger partial charge in [0, 0.05) is 23.5 Å². The summed E-state index contributed by atoms with van der Waals surface area (Å²) in [5.41, 5.74) is 1.21. The number of hydrogen-bond acceptors (Lipinski definition) is 7. The Hall–Kier alpha value is -2.59. The van der Waals surface area contributed by atoms with Crippen molar-refractivity contribution in [3.63, 3.8) is 0 Å². The molecular formula is C21H21NO6S2. The second kappa shape index (κ2) is 7.92. The molecule has 0 saturated carbocycles. The summed E-state index contributed by atoms with van der Waals surface area (Å²) in [4.78, 5) is 4.33. The highest BCUT2D eigenvalue weighted by Crippen LogP contribution is 2.63. The zero-order valence-corrected chi connectivity index (χ0v) is 17.8. The predicted molar refractivity (Wildman–Crippen MR) is 114 cm³/mol. The van der Waals surface area contributed by atoms with Crippen molar-refractivity contribution in [1.29, 1.82) is 0 Å². The second-order valence-electron chi connectivity index (χ2n) is 6.86. The van der Waals surface area contributed by atoms with Gasteiger partial charge in [0.1, 0.15) is 23.4 Å². The van der Waals surface area contributed by atoms with Crippen LogP contribution in [0.3, 0.4) is 0 Å². The molecule has 0 fully saturated rings. The smallest absolute Gasteiger partial charge is 0.187 e. The van der Waals surface area contributed by atoms with Crippen LogP contribution in [-0.4, -0.2) is 35.4 Å². The molecule has 30 heavy (non-hydrogen) atoms. The van der Waals surface area contributed by atoms with Gasteiger partial charge >= 0.3 is 0 Å². The van der Waals surface area contributed by atoms with E-state index in [1.165, 1.54) is 25.3 Å². The average Bonchev–Trinajstić information content (AvgIpc) is 3.05. The monoisotopic (exact) mass is 447 g/mol. The highest BCUT2D eigenvalue weighted by Gasteiger charge is 2.45. The highest BCUT2D eigenvalue weighted by molar-refractivity contribution is 8.25. The predicted octanol–water partition coefficient (Wildman–Crippen LogP) is 4.31. The Morgan fingerprint density at radius 2 is 1.87 bits per heavy atom. The molecule has 3 aromatic rings. The number of nitrogens with zero attached hydrogens (tertiary/aromatic N) is 1. The Balaban J connectivity index is 1.60. The SMILES string of the molecule is COc1cccc2c1C(S(=O)(=O)c1ccc(OCc3cccnc3)cc1)CS2(O)O. The third kappa shape index (κ3) is 3.77. The van der Waals surface area contributed by atoms with E-state index < -0.39 is 25.7 Å². The molecule has 0 amide bonds. The van der Waals surface area contributed by atoms with Gasteiger partial charge in [-0.1, -0.05) is 12.1 Å². The minimum absolute atomic E-state index is 0.0789. The average molecular weight is 448 g/mol. The first-order valence-electron chi connectivity index (χ1n) is 9.11. The molecule has 1 aromatic heterocycles. The summed E-state index contributed by atoms with van der Waals surface area (Å²) in [5, 5.41) is -1.10. The Labute approximate surface area is 176 Å². The molecular weight excluding hydrogens is 426 g/mol. The number of pyridine rings is 1. The Morgan fingerprint density at radius 3 is 2.53 bits per heavy atom. The van der Waals surface area contributed by atoms with Crippen molar-refractivity contribution in [2.24, 2.45) is 0 Å². The number of fused-ring (bicyclic) bond motifs is 1. The van der Waals surface area contributed by atoms with Gasteiger partial charge in [-0.15, -0.1) is 0 Å². The molecule has 2 heterocycles. The second-order valence-corrected chi connectivity index (χ2v) is 11.1. The largest absolute Gasteiger partial charge is 0.496 e. The van der Waals surface area contributed by atoms with E-state index in [-0.39, 0.29) is 15.5 Å². The molecule has 7 nitrogen and oxygen atoms in total. The van der Waals surface area contributed by atoms with E-state index in [9.17, 15) is 17.5 Å². The van der Waals surface area contributed by atoms with Crippen LogP contribution in [0.1, 0.15) is 16.4 Å².